The molecular formula is C28H43O15+. The molecule has 14 unspecified atom stereocenters. The summed E-state index contributed by atoms with van der Waals surface area (Å²) in [5.41, 5.74) is -0.0719. The minimum absolute atomic E-state index is 0.0719. The van der Waals surface area contributed by atoms with Crippen molar-refractivity contribution in [2.45, 2.75) is 112 Å². The first-order valence-electron chi connectivity index (χ1n) is 14.6. The number of esters is 2. The van der Waals surface area contributed by atoms with Gasteiger partial charge in [-0.15, -0.1) is 0 Å². The van der Waals surface area contributed by atoms with Crippen molar-refractivity contribution in [3.05, 3.63) is 11.8 Å². The topological polar surface area (TPSA) is 224 Å². The fourth-order valence-electron chi connectivity index (χ4n) is 7.60. The lowest BCUT2D eigenvalue weighted by atomic mass is 9.63. The minimum Gasteiger partial charge on any atom is -0.515 e. The molecule has 0 aromatic heterocycles. The van der Waals surface area contributed by atoms with Gasteiger partial charge < -0.3 is 63.8 Å². The maximum atomic E-state index is 13.1. The number of aliphatic hydroxyl groups excluding tert-OH is 6. The monoisotopic (exact) mass is 619 g/mol. The van der Waals surface area contributed by atoms with Crippen LogP contribution >= 0.6 is 0 Å². The molecular weight excluding hydrogens is 576 g/mol. The summed E-state index contributed by atoms with van der Waals surface area (Å²) in [6.45, 7) is 0.746. The summed E-state index contributed by atoms with van der Waals surface area (Å²) in [4.78, 5) is 24.5. The van der Waals surface area contributed by atoms with Gasteiger partial charge in [0.15, 0.2) is 18.5 Å². The van der Waals surface area contributed by atoms with Crippen LogP contribution in [0.2, 0.25) is 0 Å². The van der Waals surface area contributed by atoms with Gasteiger partial charge in [-0.2, -0.15) is 0 Å². The molecule has 0 bridgehead atoms. The number of carbonyl (C=O) groups is 2. The molecule has 3 heterocycles. The fourth-order valence-corrected chi connectivity index (χ4v) is 7.60. The van der Waals surface area contributed by atoms with E-state index in [0.717, 1.165) is 0 Å². The van der Waals surface area contributed by atoms with E-state index in [0.29, 0.717) is 19.1 Å². The van der Waals surface area contributed by atoms with Gasteiger partial charge in [0.2, 0.25) is 0 Å². The van der Waals surface area contributed by atoms with Crippen molar-refractivity contribution in [1.29, 1.82) is 0 Å². The highest BCUT2D eigenvalue weighted by atomic mass is 16.7. The zero-order valence-electron chi connectivity index (χ0n) is 24.2. The van der Waals surface area contributed by atoms with E-state index in [1.54, 1.807) is 0 Å². The molecule has 5 rings (SSSR count). The molecule has 5 aliphatic rings. The summed E-state index contributed by atoms with van der Waals surface area (Å²) in [6, 6.07) is 0. The highest BCUT2D eigenvalue weighted by Gasteiger charge is 2.64. The van der Waals surface area contributed by atoms with Crippen LogP contribution in [0.15, 0.2) is 11.8 Å². The summed E-state index contributed by atoms with van der Waals surface area (Å²) in [6.07, 6.45) is -12.0. The lowest BCUT2D eigenvalue weighted by Crippen LogP contribution is -2.68. The van der Waals surface area contributed by atoms with Crippen LogP contribution in [0.5, 0.6) is 0 Å². The summed E-state index contributed by atoms with van der Waals surface area (Å²) in [7, 11) is 2.94. The lowest BCUT2D eigenvalue weighted by molar-refractivity contribution is -0.369. The van der Waals surface area contributed by atoms with Crippen molar-refractivity contribution in [1.82, 2.24) is 0 Å². The van der Waals surface area contributed by atoms with Crippen molar-refractivity contribution in [2.24, 2.45) is 17.8 Å². The Morgan fingerprint density at radius 1 is 0.977 bits per heavy atom. The van der Waals surface area contributed by atoms with E-state index in [-0.39, 0.29) is 24.3 Å². The molecule has 7 N–H and O–H groups in total. The van der Waals surface area contributed by atoms with Gasteiger partial charge in [-0.3, -0.25) is 4.79 Å². The van der Waals surface area contributed by atoms with Crippen molar-refractivity contribution in [3.63, 3.8) is 0 Å². The van der Waals surface area contributed by atoms with Gasteiger partial charge in [0.05, 0.1) is 36.1 Å². The van der Waals surface area contributed by atoms with Crippen LogP contribution in [0.25, 0.3) is 0 Å². The highest BCUT2D eigenvalue weighted by molar-refractivity contribution is 5.90. The van der Waals surface area contributed by atoms with Gasteiger partial charge in [-0.05, 0) is 12.8 Å². The Labute approximate surface area is 248 Å². The van der Waals surface area contributed by atoms with Gasteiger partial charge in [0.1, 0.15) is 49.3 Å². The molecule has 2 saturated carbocycles. The molecule has 0 amide bonds. The van der Waals surface area contributed by atoms with Crippen LogP contribution in [0.4, 0.5) is 0 Å². The highest BCUT2D eigenvalue weighted by Crippen LogP contribution is 2.50. The molecule has 14 atom stereocenters. The first kappa shape index (κ1) is 32.5. The van der Waals surface area contributed by atoms with E-state index < -0.39 is 110 Å². The average Bonchev–Trinajstić information content (AvgIpc) is 2.97. The first-order valence-corrected chi connectivity index (χ1v) is 14.6. The minimum atomic E-state index is -1.74. The van der Waals surface area contributed by atoms with Gasteiger partial charge in [-0.1, -0.05) is 0 Å². The Hall–Kier alpha value is -1.92. The van der Waals surface area contributed by atoms with E-state index >= 15 is 0 Å². The average molecular weight is 620 g/mol. The Morgan fingerprint density at radius 3 is 2.26 bits per heavy atom. The Balaban J connectivity index is 1.52. The number of ether oxygens (including phenoxy) is 7. The number of methoxy groups -OCH3 is 2. The quantitative estimate of drug-likeness (QED) is 0.0755. The number of carbonyl (C=O) groups excluding carboxylic acids is 2. The molecule has 0 radical (unpaired) electrons. The molecule has 5 fully saturated rings. The molecule has 3 saturated heterocycles. The van der Waals surface area contributed by atoms with E-state index in [1.165, 1.54) is 21.1 Å². The Morgan fingerprint density at radius 2 is 1.65 bits per heavy atom. The van der Waals surface area contributed by atoms with Crippen molar-refractivity contribution < 1.29 is 73.4 Å². The third-order valence-electron chi connectivity index (χ3n) is 9.68. The lowest BCUT2D eigenvalue weighted by Gasteiger charge is -2.54. The molecule has 3 aliphatic heterocycles. The predicted octanol–water partition coefficient (Wildman–Crippen LogP) is -2.42. The predicted molar refractivity (Wildman–Crippen MR) is 141 cm³/mol. The van der Waals surface area contributed by atoms with E-state index in [2.05, 4.69) is 0 Å². The second kappa shape index (κ2) is 13.2. The van der Waals surface area contributed by atoms with E-state index in [1.807, 2.05) is 0 Å². The smallest absolute Gasteiger partial charge is 0.337 e. The second-order valence-electron chi connectivity index (χ2n) is 12.2. The number of hydrogen-bond acceptors (Lipinski definition) is 14. The molecule has 15 heteroatoms. The summed E-state index contributed by atoms with van der Waals surface area (Å²) < 4.78 is 39.1. The van der Waals surface area contributed by atoms with Gasteiger partial charge in [0, 0.05) is 45.8 Å². The standard InChI is InChI=1S/C28H42O15/c1-10(30)39-9-18-22(33)23(34)24(35)28(42-18)43-26-19-13(8-29)27(36)41-15-7-12(31)6-14(20(15)19)40-25(26)11-4-16(37-2)21(32)17(5-11)38-3/h8,11-12,14-26,28-29,31-35H,4-7,9H2,1-3H3/p+1. The summed E-state index contributed by atoms with van der Waals surface area (Å²) >= 11 is 0. The van der Waals surface area contributed by atoms with Crippen molar-refractivity contribution in [3.8, 4) is 0 Å². The molecule has 2 aliphatic carbocycles. The molecule has 244 valence electrons. The van der Waals surface area contributed by atoms with Crippen LogP contribution in [0.1, 0.15) is 32.6 Å². The summed E-state index contributed by atoms with van der Waals surface area (Å²) in [5.74, 6) is -3.09. The molecule has 0 aromatic rings. The Kier molecular flexibility index (Phi) is 9.97. The molecule has 0 spiro atoms. The normalized spacial score (nSPS) is 49.2. The van der Waals surface area contributed by atoms with Gasteiger partial charge in [-0.25, -0.2) is 4.79 Å². The zero-order valence-corrected chi connectivity index (χ0v) is 24.2. The van der Waals surface area contributed by atoms with Crippen molar-refractivity contribution >= 4 is 11.9 Å². The van der Waals surface area contributed by atoms with Gasteiger partial charge in [0.25, 0.3) is 0 Å². The van der Waals surface area contributed by atoms with Crippen molar-refractivity contribution in [2.75, 3.05) is 20.8 Å². The largest absolute Gasteiger partial charge is 0.515 e. The third-order valence-corrected chi connectivity index (χ3v) is 9.68. The second-order valence-corrected chi connectivity index (χ2v) is 12.2. The number of rotatable bonds is 7. The van der Waals surface area contributed by atoms with Crippen LogP contribution in [0.3, 0.4) is 0 Å². The van der Waals surface area contributed by atoms with Gasteiger partial charge >= 0.3 is 11.9 Å². The zero-order chi connectivity index (χ0) is 31.2. The van der Waals surface area contributed by atoms with Crippen LogP contribution in [-0.2, 0) is 38.0 Å². The maximum Gasteiger partial charge on any atom is 0.337 e. The molecule has 0 aromatic carbocycles. The van der Waals surface area contributed by atoms with Crippen LogP contribution in [0, 0.1) is 17.8 Å². The molecule has 15 nitrogen and oxygen atoms in total. The third kappa shape index (κ3) is 6.17. The Bertz CT molecular complexity index is 1020. The maximum absolute atomic E-state index is 13.1. The fraction of sp³-hybridized carbons (Fsp3) is 0.857. The van der Waals surface area contributed by atoms with E-state index in [4.69, 9.17) is 33.2 Å². The van der Waals surface area contributed by atoms with Crippen LogP contribution < -0.4 is 0 Å². The van der Waals surface area contributed by atoms with Crippen LogP contribution in [-0.4, -0.2) is 148 Å². The number of aliphatic hydroxyl groups is 8. The number of hydrogen-bond donors (Lipinski definition) is 6. The summed E-state index contributed by atoms with van der Waals surface area (Å²) in [5, 5.41) is 63.7. The van der Waals surface area contributed by atoms with E-state index in [9.17, 15) is 40.2 Å². The SMILES string of the molecule is COC1CC(C2[OH+]C3CC(O)CC4OC(=O)C(=CO)C(C2OC2OC(COC(C)=O)C(O)C(O)C2O)C43)CC(OC)C1O. The molecule has 43 heavy (non-hydrogen) atoms. The first-order chi connectivity index (χ1) is 20.5.